The maximum atomic E-state index is 12.4. The van der Waals surface area contributed by atoms with E-state index in [0.29, 0.717) is 19.4 Å². The van der Waals surface area contributed by atoms with Crippen molar-refractivity contribution in [1.29, 1.82) is 0 Å². The fourth-order valence-electron chi connectivity index (χ4n) is 2.81. The highest BCUT2D eigenvalue weighted by molar-refractivity contribution is 5.89. The van der Waals surface area contributed by atoms with E-state index >= 15 is 0 Å². The number of esters is 1. The van der Waals surface area contributed by atoms with Crippen molar-refractivity contribution in [2.24, 2.45) is 0 Å². The van der Waals surface area contributed by atoms with Crippen molar-refractivity contribution in [2.75, 3.05) is 20.2 Å². The van der Waals surface area contributed by atoms with Crippen LogP contribution in [-0.4, -0.2) is 37.6 Å². The summed E-state index contributed by atoms with van der Waals surface area (Å²) in [6.45, 7) is 2.27. The van der Waals surface area contributed by atoms with Crippen LogP contribution in [0.4, 0.5) is 0 Å². The van der Waals surface area contributed by atoms with Crippen LogP contribution in [0, 0.1) is 0 Å². The van der Waals surface area contributed by atoms with E-state index in [0.717, 1.165) is 12.0 Å². The van der Waals surface area contributed by atoms with Crippen LogP contribution in [0.2, 0.25) is 0 Å². The summed E-state index contributed by atoms with van der Waals surface area (Å²) in [5, 5.41) is 5.68. The summed E-state index contributed by atoms with van der Waals surface area (Å²) in [7, 11) is 1.70. The zero-order valence-corrected chi connectivity index (χ0v) is 12.6. The second-order valence-corrected chi connectivity index (χ2v) is 5.33. The highest BCUT2D eigenvalue weighted by atomic mass is 16.5. The number of ether oxygens (including phenoxy) is 1. The summed E-state index contributed by atoms with van der Waals surface area (Å²) >= 11 is 0. The number of benzene rings is 1. The van der Waals surface area contributed by atoms with Crippen LogP contribution in [0.5, 0.6) is 0 Å². The third kappa shape index (κ3) is 3.42. The number of nitrogens with one attached hydrogen (secondary N) is 2. The third-order valence-electron chi connectivity index (χ3n) is 3.81. The van der Waals surface area contributed by atoms with Gasteiger partial charge in [-0.15, -0.1) is 0 Å². The van der Waals surface area contributed by atoms with E-state index < -0.39 is 5.54 Å². The molecule has 0 aromatic heterocycles. The first-order valence-electron chi connectivity index (χ1n) is 7.31. The molecule has 5 nitrogen and oxygen atoms in total. The maximum absolute atomic E-state index is 12.4. The van der Waals surface area contributed by atoms with E-state index in [9.17, 15) is 9.59 Å². The fourth-order valence-corrected chi connectivity index (χ4v) is 2.81. The molecule has 0 aliphatic heterocycles. The first kappa shape index (κ1) is 15.5. The Kier molecular flexibility index (Phi) is 4.96. The monoisotopic (exact) mass is 290 g/mol. The Hall–Kier alpha value is -1.88. The summed E-state index contributed by atoms with van der Waals surface area (Å²) in [4.78, 5) is 24.4. The molecule has 114 valence electrons. The minimum Gasteiger partial charge on any atom is -0.464 e. The Morgan fingerprint density at radius 2 is 2.00 bits per heavy atom. The standard InChI is InChI=1S/C16H22N2O3/c1-3-21-15(20)16(18-14(19)11-17-2)9-8-12-6-4-5-7-13(12)10-16/h4-7,17H,3,8-11H2,1-2H3,(H,18,19). The first-order chi connectivity index (χ1) is 10.1. The topological polar surface area (TPSA) is 67.4 Å². The number of rotatable bonds is 5. The number of carbonyl (C=O) groups is 2. The van der Waals surface area contributed by atoms with Crippen molar-refractivity contribution in [3.05, 3.63) is 35.4 Å². The Morgan fingerprint density at radius 3 is 2.67 bits per heavy atom. The van der Waals surface area contributed by atoms with Gasteiger partial charge in [-0.1, -0.05) is 24.3 Å². The summed E-state index contributed by atoms with van der Waals surface area (Å²) in [6, 6.07) is 8.03. The molecule has 1 aromatic rings. The minimum atomic E-state index is -0.946. The molecule has 0 bridgehead atoms. The van der Waals surface area contributed by atoms with Gasteiger partial charge in [0.05, 0.1) is 13.2 Å². The predicted molar refractivity (Wildman–Crippen MR) is 79.9 cm³/mol. The molecule has 0 fully saturated rings. The third-order valence-corrected chi connectivity index (χ3v) is 3.81. The maximum Gasteiger partial charge on any atom is 0.332 e. The normalized spacial score (nSPS) is 20.5. The molecular weight excluding hydrogens is 268 g/mol. The lowest BCUT2D eigenvalue weighted by Crippen LogP contribution is -2.59. The molecule has 21 heavy (non-hydrogen) atoms. The quantitative estimate of drug-likeness (QED) is 0.788. The molecule has 1 unspecified atom stereocenters. The summed E-state index contributed by atoms with van der Waals surface area (Å²) in [6.07, 6.45) is 1.81. The molecule has 5 heteroatoms. The van der Waals surface area contributed by atoms with Gasteiger partial charge in [0, 0.05) is 6.42 Å². The van der Waals surface area contributed by atoms with Crippen LogP contribution in [0.3, 0.4) is 0 Å². The van der Waals surface area contributed by atoms with Gasteiger partial charge in [-0.05, 0) is 37.9 Å². The smallest absolute Gasteiger partial charge is 0.332 e. The van der Waals surface area contributed by atoms with Crippen LogP contribution in [0.25, 0.3) is 0 Å². The van der Waals surface area contributed by atoms with Crippen LogP contribution in [0.1, 0.15) is 24.5 Å². The molecule has 0 spiro atoms. The van der Waals surface area contributed by atoms with E-state index in [1.807, 2.05) is 18.2 Å². The molecular formula is C16H22N2O3. The van der Waals surface area contributed by atoms with Crippen LogP contribution < -0.4 is 10.6 Å². The molecule has 1 amide bonds. The number of hydrogen-bond acceptors (Lipinski definition) is 4. The van der Waals surface area contributed by atoms with Gasteiger partial charge in [0.25, 0.3) is 0 Å². The SMILES string of the molecule is CCOC(=O)C1(NC(=O)CNC)CCc2ccccc2C1. The second-order valence-electron chi connectivity index (χ2n) is 5.33. The highest BCUT2D eigenvalue weighted by Crippen LogP contribution is 2.30. The molecule has 1 atom stereocenters. The van der Waals surface area contributed by atoms with Crippen molar-refractivity contribution in [1.82, 2.24) is 10.6 Å². The molecule has 0 saturated heterocycles. The zero-order valence-electron chi connectivity index (χ0n) is 12.6. The first-order valence-corrected chi connectivity index (χ1v) is 7.31. The van der Waals surface area contributed by atoms with Gasteiger partial charge in [-0.25, -0.2) is 4.79 Å². The largest absolute Gasteiger partial charge is 0.464 e. The van der Waals surface area contributed by atoms with Gasteiger partial charge in [0.15, 0.2) is 0 Å². The number of fused-ring (bicyclic) bond motifs is 1. The van der Waals surface area contributed by atoms with Crippen molar-refractivity contribution in [2.45, 2.75) is 31.7 Å². The van der Waals surface area contributed by atoms with Gasteiger partial charge < -0.3 is 15.4 Å². The Bertz CT molecular complexity index is 530. The van der Waals surface area contributed by atoms with E-state index in [1.165, 1.54) is 5.56 Å². The van der Waals surface area contributed by atoms with Crippen LogP contribution in [0.15, 0.2) is 24.3 Å². The molecule has 0 heterocycles. The lowest BCUT2D eigenvalue weighted by atomic mass is 9.77. The minimum absolute atomic E-state index is 0.183. The van der Waals surface area contributed by atoms with Gasteiger partial charge >= 0.3 is 5.97 Å². The lowest BCUT2D eigenvalue weighted by molar-refractivity contribution is -0.154. The average Bonchev–Trinajstić information content (AvgIpc) is 2.47. The molecule has 1 aromatic carbocycles. The van der Waals surface area contributed by atoms with Crippen molar-refractivity contribution >= 4 is 11.9 Å². The lowest BCUT2D eigenvalue weighted by Gasteiger charge is -2.36. The number of hydrogen-bond donors (Lipinski definition) is 2. The summed E-state index contributed by atoms with van der Waals surface area (Å²) in [5.41, 5.74) is 1.39. The predicted octanol–water partition coefficient (Wildman–Crippen LogP) is 0.813. The van der Waals surface area contributed by atoms with Gasteiger partial charge in [0.1, 0.15) is 5.54 Å². The average molecular weight is 290 g/mol. The zero-order chi connectivity index (χ0) is 15.3. The summed E-state index contributed by atoms with van der Waals surface area (Å²) < 4.78 is 5.20. The van der Waals surface area contributed by atoms with Crippen molar-refractivity contribution in [3.8, 4) is 0 Å². The van der Waals surface area contributed by atoms with Gasteiger partial charge in [-0.2, -0.15) is 0 Å². The molecule has 0 saturated carbocycles. The van der Waals surface area contributed by atoms with E-state index in [4.69, 9.17) is 4.74 Å². The fraction of sp³-hybridized carbons (Fsp3) is 0.500. The Balaban J connectivity index is 2.26. The highest BCUT2D eigenvalue weighted by Gasteiger charge is 2.43. The van der Waals surface area contributed by atoms with Gasteiger partial charge in [-0.3, -0.25) is 4.79 Å². The number of likely N-dealkylation sites (N-methyl/N-ethyl adjacent to an activating group) is 1. The Morgan fingerprint density at radius 1 is 1.29 bits per heavy atom. The van der Waals surface area contributed by atoms with Crippen LogP contribution in [-0.2, 0) is 27.2 Å². The molecule has 2 rings (SSSR count). The number of aryl methyl sites for hydroxylation is 1. The summed E-state index contributed by atoms with van der Waals surface area (Å²) in [5.74, 6) is -0.533. The van der Waals surface area contributed by atoms with Crippen LogP contribution >= 0.6 is 0 Å². The van der Waals surface area contributed by atoms with E-state index in [1.54, 1.807) is 14.0 Å². The van der Waals surface area contributed by atoms with E-state index in [2.05, 4.69) is 16.7 Å². The molecule has 2 N–H and O–H groups in total. The van der Waals surface area contributed by atoms with E-state index in [-0.39, 0.29) is 18.4 Å². The Labute approximate surface area is 125 Å². The second kappa shape index (κ2) is 6.72. The molecule has 0 radical (unpaired) electrons. The number of amides is 1. The molecule has 1 aliphatic rings. The van der Waals surface area contributed by atoms with Crippen molar-refractivity contribution in [3.63, 3.8) is 0 Å². The van der Waals surface area contributed by atoms with Gasteiger partial charge in [0.2, 0.25) is 5.91 Å². The molecule has 1 aliphatic carbocycles. The van der Waals surface area contributed by atoms with Crippen molar-refractivity contribution < 1.29 is 14.3 Å². The number of carbonyl (C=O) groups excluding carboxylic acids is 2.